The summed E-state index contributed by atoms with van der Waals surface area (Å²) in [4.78, 5) is 0. The molecule has 1 unspecified atom stereocenters. The van der Waals surface area contributed by atoms with Crippen LogP contribution in [0.3, 0.4) is 0 Å². The number of hydrogen-bond donors (Lipinski definition) is 1. The van der Waals surface area contributed by atoms with Gasteiger partial charge in [-0.3, -0.25) is 4.68 Å². The molecule has 21 heavy (non-hydrogen) atoms. The van der Waals surface area contributed by atoms with Gasteiger partial charge in [0.05, 0.1) is 6.20 Å². The number of aromatic nitrogens is 2. The summed E-state index contributed by atoms with van der Waals surface area (Å²) in [6.07, 6.45) is 4.91. The smallest absolute Gasteiger partial charge is 0.120 e. The van der Waals surface area contributed by atoms with Gasteiger partial charge in [0.2, 0.25) is 0 Å². The molecule has 1 N–H and O–H groups in total. The quantitative estimate of drug-likeness (QED) is 0.814. The molecule has 1 aromatic carbocycles. The zero-order chi connectivity index (χ0) is 15.1. The third-order valence-corrected chi connectivity index (χ3v) is 3.47. The molecule has 5 heteroatoms. The molecule has 1 aromatic heterocycles. The van der Waals surface area contributed by atoms with E-state index in [1.807, 2.05) is 35.1 Å². The van der Waals surface area contributed by atoms with E-state index in [0.717, 1.165) is 25.3 Å². The Hall–Kier alpha value is -1.52. The van der Waals surface area contributed by atoms with Crippen LogP contribution in [-0.2, 0) is 13.0 Å². The standard InChI is InChI=1S/C16H22ClN3O/c1-3-18-15(8-13-10-19-20(4-2)11-13)12-21-16-7-5-6-14(17)9-16/h5-7,9-11,15,18H,3-4,8,12H2,1-2H3. The van der Waals surface area contributed by atoms with Gasteiger partial charge in [-0.05, 0) is 43.7 Å². The molecule has 2 aromatic rings. The fraction of sp³-hybridized carbons (Fsp3) is 0.438. The summed E-state index contributed by atoms with van der Waals surface area (Å²) in [7, 11) is 0. The minimum absolute atomic E-state index is 0.253. The number of nitrogens with one attached hydrogen (secondary N) is 1. The van der Waals surface area contributed by atoms with Crippen molar-refractivity contribution in [2.75, 3.05) is 13.2 Å². The highest BCUT2D eigenvalue weighted by molar-refractivity contribution is 6.30. The largest absolute Gasteiger partial charge is 0.492 e. The second kappa shape index (κ2) is 8.05. The molecule has 0 saturated carbocycles. The van der Waals surface area contributed by atoms with Crippen molar-refractivity contribution in [2.45, 2.75) is 32.9 Å². The number of nitrogens with zero attached hydrogens (tertiary/aromatic N) is 2. The van der Waals surface area contributed by atoms with E-state index in [9.17, 15) is 0 Å². The molecule has 0 spiro atoms. The van der Waals surface area contributed by atoms with Crippen molar-refractivity contribution in [3.63, 3.8) is 0 Å². The summed E-state index contributed by atoms with van der Waals surface area (Å²) in [6, 6.07) is 7.74. The van der Waals surface area contributed by atoms with Gasteiger partial charge >= 0.3 is 0 Å². The Morgan fingerprint density at radius 1 is 1.38 bits per heavy atom. The number of likely N-dealkylation sites (N-methyl/N-ethyl adjacent to an activating group) is 1. The van der Waals surface area contributed by atoms with Crippen LogP contribution in [-0.4, -0.2) is 29.0 Å². The van der Waals surface area contributed by atoms with E-state index in [4.69, 9.17) is 16.3 Å². The van der Waals surface area contributed by atoms with Crippen molar-refractivity contribution in [3.8, 4) is 5.75 Å². The van der Waals surface area contributed by atoms with E-state index < -0.39 is 0 Å². The SMILES string of the molecule is CCNC(COc1cccc(Cl)c1)Cc1cnn(CC)c1. The summed E-state index contributed by atoms with van der Waals surface area (Å²) >= 11 is 5.96. The van der Waals surface area contributed by atoms with Gasteiger partial charge in [-0.15, -0.1) is 0 Å². The summed E-state index contributed by atoms with van der Waals surface area (Å²) in [5.41, 5.74) is 1.22. The summed E-state index contributed by atoms with van der Waals surface area (Å²) in [5, 5.41) is 8.45. The Labute approximate surface area is 131 Å². The first-order valence-corrected chi connectivity index (χ1v) is 7.72. The van der Waals surface area contributed by atoms with E-state index in [-0.39, 0.29) is 6.04 Å². The monoisotopic (exact) mass is 307 g/mol. The summed E-state index contributed by atoms with van der Waals surface area (Å²) in [5.74, 6) is 0.801. The lowest BCUT2D eigenvalue weighted by Crippen LogP contribution is -2.36. The van der Waals surface area contributed by atoms with Crippen LogP contribution in [0.25, 0.3) is 0 Å². The zero-order valence-electron chi connectivity index (χ0n) is 12.6. The highest BCUT2D eigenvalue weighted by atomic mass is 35.5. The van der Waals surface area contributed by atoms with Crippen LogP contribution >= 0.6 is 11.6 Å². The van der Waals surface area contributed by atoms with Gasteiger partial charge in [-0.2, -0.15) is 5.10 Å². The van der Waals surface area contributed by atoms with Crippen LogP contribution in [0, 0.1) is 0 Å². The maximum atomic E-state index is 5.96. The summed E-state index contributed by atoms with van der Waals surface area (Å²) in [6.45, 7) is 6.59. The number of ether oxygens (including phenoxy) is 1. The molecular formula is C16H22ClN3O. The van der Waals surface area contributed by atoms with E-state index in [1.165, 1.54) is 5.56 Å². The van der Waals surface area contributed by atoms with Gasteiger partial charge in [0.15, 0.2) is 0 Å². The van der Waals surface area contributed by atoms with E-state index >= 15 is 0 Å². The molecular weight excluding hydrogens is 286 g/mol. The van der Waals surface area contributed by atoms with E-state index in [0.29, 0.717) is 11.6 Å². The third-order valence-electron chi connectivity index (χ3n) is 3.23. The average Bonchev–Trinajstić information content (AvgIpc) is 2.93. The Morgan fingerprint density at radius 2 is 2.24 bits per heavy atom. The fourth-order valence-electron chi connectivity index (χ4n) is 2.20. The lowest BCUT2D eigenvalue weighted by Gasteiger charge is -2.18. The van der Waals surface area contributed by atoms with E-state index in [1.54, 1.807) is 0 Å². The Bertz CT molecular complexity index is 556. The van der Waals surface area contributed by atoms with Crippen molar-refractivity contribution >= 4 is 11.6 Å². The number of benzene rings is 1. The number of aryl methyl sites for hydroxylation is 1. The van der Waals surface area contributed by atoms with Gasteiger partial charge in [0.1, 0.15) is 12.4 Å². The van der Waals surface area contributed by atoms with Crippen molar-refractivity contribution in [3.05, 3.63) is 47.2 Å². The van der Waals surface area contributed by atoms with Crippen molar-refractivity contribution in [1.29, 1.82) is 0 Å². The molecule has 0 fully saturated rings. The Kier molecular flexibility index (Phi) is 6.08. The number of halogens is 1. The molecule has 0 amide bonds. The normalized spacial score (nSPS) is 12.3. The number of rotatable bonds is 8. The van der Waals surface area contributed by atoms with Crippen LogP contribution < -0.4 is 10.1 Å². The minimum Gasteiger partial charge on any atom is -0.492 e. The zero-order valence-corrected chi connectivity index (χ0v) is 13.3. The topological polar surface area (TPSA) is 39.1 Å². The van der Waals surface area contributed by atoms with Gasteiger partial charge in [0.25, 0.3) is 0 Å². The maximum absolute atomic E-state index is 5.96. The van der Waals surface area contributed by atoms with Gasteiger partial charge in [-0.1, -0.05) is 24.6 Å². The van der Waals surface area contributed by atoms with Crippen molar-refractivity contribution < 1.29 is 4.74 Å². The molecule has 2 rings (SSSR count). The van der Waals surface area contributed by atoms with Gasteiger partial charge in [0, 0.05) is 23.8 Å². The van der Waals surface area contributed by atoms with Gasteiger partial charge in [-0.25, -0.2) is 0 Å². The molecule has 1 atom stereocenters. The van der Waals surface area contributed by atoms with Crippen LogP contribution in [0.2, 0.25) is 5.02 Å². The predicted molar refractivity (Wildman–Crippen MR) is 86.0 cm³/mol. The van der Waals surface area contributed by atoms with E-state index in [2.05, 4.69) is 30.5 Å². The first kappa shape index (κ1) is 15.9. The lowest BCUT2D eigenvalue weighted by molar-refractivity contribution is 0.265. The highest BCUT2D eigenvalue weighted by Crippen LogP contribution is 2.17. The Balaban J connectivity index is 1.92. The number of hydrogen-bond acceptors (Lipinski definition) is 3. The van der Waals surface area contributed by atoms with Crippen molar-refractivity contribution in [2.24, 2.45) is 0 Å². The average molecular weight is 308 g/mol. The first-order chi connectivity index (χ1) is 10.2. The highest BCUT2D eigenvalue weighted by Gasteiger charge is 2.11. The predicted octanol–water partition coefficient (Wildman–Crippen LogP) is 3.16. The Morgan fingerprint density at radius 3 is 2.90 bits per heavy atom. The molecule has 0 aliphatic carbocycles. The molecule has 114 valence electrons. The van der Waals surface area contributed by atoms with Crippen molar-refractivity contribution in [1.82, 2.24) is 15.1 Å². The van der Waals surface area contributed by atoms with Crippen LogP contribution in [0.1, 0.15) is 19.4 Å². The van der Waals surface area contributed by atoms with Crippen LogP contribution in [0.4, 0.5) is 0 Å². The van der Waals surface area contributed by atoms with Gasteiger partial charge < -0.3 is 10.1 Å². The second-order valence-corrected chi connectivity index (χ2v) is 5.37. The molecule has 0 bridgehead atoms. The molecule has 0 aliphatic rings. The molecule has 4 nitrogen and oxygen atoms in total. The second-order valence-electron chi connectivity index (χ2n) is 4.93. The third kappa shape index (κ3) is 5.06. The first-order valence-electron chi connectivity index (χ1n) is 7.34. The van der Waals surface area contributed by atoms with Crippen LogP contribution in [0.5, 0.6) is 5.75 Å². The molecule has 0 aliphatic heterocycles. The molecule has 0 radical (unpaired) electrons. The van der Waals surface area contributed by atoms with Crippen LogP contribution in [0.15, 0.2) is 36.7 Å². The minimum atomic E-state index is 0.253. The molecule has 0 saturated heterocycles. The maximum Gasteiger partial charge on any atom is 0.120 e. The fourth-order valence-corrected chi connectivity index (χ4v) is 2.38. The lowest BCUT2D eigenvalue weighted by atomic mass is 10.1. The summed E-state index contributed by atoms with van der Waals surface area (Å²) < 4.78 is 7.77. The molecule has 1 heterocycles.